The van der Waals surface area contributed by atoms with Gasteiger partial charge in [0.05, 0.1) is 0 Å². The van der Waals surface area contributed by atoms with Crippen LogP contribution in [0, 0.1) is 0 Å². The minimum Gasteiger partial charge on any atom is -0.345 e. The first-order chi connectivity index (χ1) is 12.5. The molecule has 3 amide bonds. The van der Waals surface area contributed by atoms with Crippen molar-refractivity contribution in [3.8, 4) is 0 Å². The minimum absolute atomic E-state index is 0.306. The molecule has 2 N–H and O–H groups in total. The molecule has 0 radical (unpaired) electrons. The number of hydrogen-bond acceptors (Lipinski definition) is 2. The highest BCUT2D eigenvalue weighted by Gasteiger charge is 2.36. The van der Waals surface area contributed by atoms with Gasteiger partial charge in [-0.05, 0) is 30.5 Å². The number of rotatable bonds is 5. The molecule has 150 valence electrons. The van der Waals surface area contributed by atoms with Gasteiger partial charge in [0.2, 0.25) is 5.91 Å². The monoisotopic (exact) mass is 405 g/mol. The molecule has 1 saturated heterocycles. The van der Waals surface area contributed by atoms with Crippen molar-refractivity contribution in [1.29, 1.82) is 0 Å². The van der Waals surface area contributed by atoms with Crippen LogP contribution in [-0.2, 0) is 10.2 Å². The fourth-order valence-corrected chi connectivity index (χ4v) is 3.11. The van der Waals surface area contributed by atoms with Crippen molar-refractivity contribution < 1.29 is 22.8 Å². The highest BCUT2D eigenvalue weighted by Crippen LogP contribution is 2.24. The lowest BCUT2D eigenvalue weighted by atomic mass is 9.85. The van der Waals surface area contributed by atoms with E-state index < -0.39 is 30.7 Å². The van der Waals surface area contributed by atoms with Gasteiger partial charge in [0.25, 0.3) is 0 Å². The van der Waals surface area contributed by atoms with Crippen LogP contribution in [0.4, 0.5) is 18.0 Å². The Labute approximate surface area is 161 Å². The summed E-state index contributed by atoms with van der Waals surface area (Å²) in [5, 5.41) is 5.26. The van der Waals surface area contributed by atoms with Crippen LogP contribution in [0.3, 0.4) is 0 Å². The van der Waals surface area contributed by atoms with Gasteiger partial charge in [0, 0.05) is 23.5 Å². The van der Waals surface area contributed by atoms with E-state index in [1.54, 1.807) is 12.1 Å². The van der Waals surface area contributed by atoms with Gasteiger partial charge in [-0.1, -0.05) is 37.6 Å². The first kappa shape index (κ1) is 21.3. The van der Waals surface area contributed by atoms with Crippen molar-refractivity contribution in [2.24, 2.45) is 0 Å². The van der Waals surface area contributed by atoms with E-state index in [0.717, 1.165) is 5.56 Å². The van der Waals surface area contributed by atoms with Crippen LogP contribution >= 0.6 is 11.6 Å². The van der Waals surface area contributed by atoms with Crippen molar-refractivity contribution in [2.75, 3.05) is 19.6 Å². The molecule has 1 fully saturated rings. The number of nitrogens with one attached hydrogen (secondary N) is 2. The molecule has 0 aliphatic carbocycles. The van der Waals surface area contributed by atoms with Crippen molar-refractivity contribution in [3.63, 3.8) is 0 Å². The number of urea groups is 1. The molecule has 0 spiro atoms. The molecular weight excluding hydrogens is 383 g/mol. The molecule has 5 nitrogen and oxygen atoms in total. The summed E-state index contributed by atoms with van der Waals surface area (Å²) in [6.45, 7) is 3.14. The molecule has 1 aliphatic heterocycles. The van der Waals surface area contributed by atoms with Gasteiger partial charge in [-0.15, -0.1) is 0 Å². The van der Waals surface area contributed by atoms with Gasteiger partial charge in [0.1, 0.15) is 12.6 Å². The molecule has 1 aliphatic rings. The smallest absolute Gasteiger partial charge is 0.345 e. The molecule has 9 heteroatoms. The molecule has 2 rings (SSSR count). The number of alkyl halides is 3. The van der Waals surface area contributed by atoms with E-state index in [9.17, 15) is 22.8 Å². The second-order valence-corrected chi connectivity index (χ2v) is 7.67. The topological polar surface area (TPSA) is 61.4 Å². The van der Waals surface area contributed by atoms with Crippen LogP contribution in [0.25, 0.3) is 0 Å². The number of hydrogen-bond donors (Lipinski definition) is 2. The Balaban J connectivity index is 1.94. The molecule has 1 unspecified atom stereocenters. The largest absolute Gasteiger partial charge is 0.405 e. The average Bonchev–Trinajstić information content (AvgIpc) is 3.07. The number of likely N-dealkylation sites (tertiary alicyclic amines) is 1. The molecule has 0 aromatic heterocycles. The number of carbonyl (C=O) groups is 2. The third-order valence-corrected chi connectivity index (χ3v) is 4.84. The van der Waals surface area contributed by atoms with Crippen LogP contribution < -0.4 is 10.6 Å². The lowest BCUT2D eigenvalue weighted by Crippen LogP contribution is -2.52. The number of carbonyl (C=O) groups excluding carboxylic acids is 2. The van der Waals surface area contributed by atoms with E-state index in [4.69, 9.17) is 11.6 Å². The second kappa shape index (κ2) is 8.37. The SMILES string of the molecule is CC(C)(CNC(=O)N1CCCC1C(=O)NCC(F)(F)F)c1ccc(Cl)cc1. The number of benzene rings is 1. The zero-order chi connectivity index (χ0) is 20.2. The Morgan fingerprint density at radius 3 is 2.37 bits per heavy atom. The normalized spacial score (nSPS) is 17.7. The van der Waals surface area contributed by atoms with Gasteiger partial charge in [-0.3, -0.25) is 4.79 Å². The van der Waals surface area contributed by atoms with E-state index in [2.05, 4.69) is 5.32 Å². The van der Waals surface area contributed by atoms with Crippen LogP contribution in [0.1, 0.15) is 32.3 Å². The first-order valence-corrected chi connectivity index (χ1v) is 9.02. The Morgan fingerprint density at radius 1 is 1.15 bits per heavy atom. The Morgan fingerprint density at radius 2 is 1.78 bits per heavy atom. The summed E-state index contributed by atoms with van der Waals surface area (Å²) < 4.78 is 36.8. The fraction of sp³-hybridized carbons (Fsp3) is 0.556. The summed E-state index contributed by atoms with van der Waals surface area (Å²) in [6, 6.07) is 5.94. The zero-order valence-electron chi connectivity index (χ0n) is 15.2. The third kappa shape index (κ3) is 6.02. The summed E-state index contributed by atoms with van der Waals surface area (Å²) in [7, 11) is 0. The number of halogens is 4. The molecule has 1 heterocycles. The van der Waals surface area contributed by atoms with Crippen LogP contribution in [0.2, 0.25) is 5.02 Å². The summed E-state index contributed by atoms with van der Waals surface area (Å²) in [6.07, 6.45) is -3.57. The van der Waals surface area contributed by atoms with Crippen molar-refractivity contribution in [1.82, 2.24) is 15.5 Å². The van der Waals surface area contributed by atoms with Crippen LogP contribution in [0.5, 0.6) is 0 Å². The lowest BCUT2D eigenvalue weighted by Gasteiger charge is -2.29. The van der Waals surface area contributed by atoms with E-state index in [1.165, 1.54) is 4.90 Å². The van der Waals surface area contributed by atoms with Crippen molar-refractivity contribution >= 4 is 23.5 Å². The molecule has 27 heavy (non-hydrogen) atoms. The van der Waals surface area contributed by atoms with E-state index in [-0.39, 0.29) is 5.41 Å². The predicted octanol–water partition coefficient (Wildman–Crippen LogP) is 3.47. The Kier molecular flexibility index (Phi) is 6.62. The molecular formula is C18H23ClF3N3O2. The maximum absolute atomic E-state index is 12.5. The lowest BCUT2D eigenvalue weighted by molar-refractivity contribution is -0.140. The predicted molar refractivity (Wildman–Crippen MR) is 96.7 cm³/mol. The van der Waals surface area contributed by atoms with E-state index >= 15 is 0 Å². The summed E-state index contributed by atoms with van der Waals surface area (Å²) in [5.41, 5.74) is 0.599. The fourth-order valence-electron chi connectivity index (χ4n) is 2.99. The van der Waals surface area contributed by atoms with Crippen LogP contribution in [-0.4, -0.2) is 48.7 Å². The molecule has 0 bridgehead atoms. The summed E-state index contributed by atoms with van der Waals surface area (Å²) in [4.78, 5) is 25.8. The first-order valence-electron chi connectivity index (χ1n) is 8.64. The Bertz CT molecular complexity index is 677. The van der Waals surface area contributed by atoms with E-state index in [1.807, 2.05) is 31.3 Å². The Hall–Kier alpha value is -1.96. The maximum Gasteiger partial charge on any atom is 0.405 e. The van der Waals surface area contributed by atoms with Gasteiger partial charge < -0.3 is 15.5 Å². The van der Waals surface area contributed by atoms with E-state index in [0.29, 0.717) is 31.0 Å². The van der Waals surface area contributed by atoms with Gasteiger partial charge in [-0.2, -0.15) is 13.2 Å². The number of amides is 3. The van der Waals surface area contributed by atoms with Gasteiger partial charge in [0.15, 0.2) is 0 Å². The average molecular weight is 406 g/mol. The molecule has 1 aromatic rings. The second-order valence-electron chi connectivity index (χ2n) is 7.23. The highest BCUT2D eigenvalue weighted by atomic mass is 35.5. The van der Waals surface area contributed by atoms with Crippen molar-refractivity contribution in [3.05, 3.63) is 34.9 Å². The zero-order valence-corrected chi connectivity index (χ0v) is 16.0. The maximum atomic E-state index is 12.5. The van der Waals surface area contributed by atoms with Crippen LogP contribution in [0.15, 0.2) is 24.3 Å². The summed E-state index contributed by atoms with van der Waals surface area (Å²) >= 11 is 5.89. The van der Waals surface area contributed by atoms with Gasteiger partial charge in [-0.25, -0.2) is 4.79 Å². The minimum atomic E-state index is -4.48. The highest BCUT2D eigenvalue weighted by molar-refractivity contribution is 6.30. The molecule has 1 aromatic carbocycles. The van der Waals surface area contributed by atoms with Crippen molar-refractivity contribution in [2.45, 2.75) is 44.3 Å². The third-order valence-electron chi connectivity index (χ3n) is 4.59. The summed E-state index contributed by atoms with van der Waals surface area (Å²) in [5.74, 6) is -0.781. The quantitative estimate of drug-likeness (QED) is 0.788. The molecule has 0 saturated carbocycles. The standard InChI is InChI=1S/C18H23ClF3N3O2/c1-17(2,12-5-7-13(19)8-6-12)10-24-16(27)25-9-3-4-14(25)15(26)23-11-18(20,21)22/h5-8,14H,3-4,9-11H2,1-2H3,(H,23,26)(H,24,27). The van der Waals surface area contributed by atoms with Gasteiger partial charge >= 0.3 is 12.2 Å². The molecule has 1 atom stereocenters. The number of nitrogens with zero attached hydrogens (tertiary/aromatic N) is 1.